The third-order valence-corrected chi connectivity index (χ3v) is 5.44. The van der Waals surface area contributed by atoms with Gasteiger partial charge in [0.15, 0.2) is 5.96 Å². The molecule has 4 nitrogen and oxygen atoms in total. The Bertz CT molecular complexity index is 753. The van der Waals surface area contributed by atoms with Crippen molar-refractivity contribution in [3.8, 4) is 0 Å². The summed E-state index contributed by atoms with van der Waals surface area (Å²) in [4.78, 5) is 4.42. The minimum absolute atomic E-state index is 0. The smallest absolute Gasteiger partial charge is 0.191 e. The molecule has 1 aliphatic rings. The van der Waals surface area contributed by atoms with Gasteiger partial charge in [0, 0.05) is 26.8 Å². The zero-order valence-corrected chi connectivity index (χ0v) is 19.0. The van der Waals surface area contributed by atoms with Gasteiger partial charge in [-0.15, -0.1) is 24.0 Å². The quantitative estimate of drug-likeness (QED) is 0.244. The molecule has 0 aliphatic heterocycles. The summed E-state index contributed by atoms with van der Waals surface area (Å²) < 4.78 is 5.53. The van der Waals surface area contributed by atoms with Crippen LogP contribution in [0.2, 0.25) is 0 Å². The van der Waals surface area contributed by atoms with Crippen LogP contribution in [0.1, 0.15) is 44.7 Å². The van der Waals surface area contributed by atoms with Crippen LogP contribution in [0.5, 0.6) is 0 Å². The molecule has 148 valence electrons. The van der Waals surface area contributed by atoms with Crippen molar-refractivity contribution in [3.63, 3.8) is 0 Å². The van der Waals surface area contributed by atoms with E-state index in [1.807, 2.05) is 7.05 Å². The van der Waals surface area contributed by atoms with Crippen LogP contribution < -0.4 is 10.6 Å². The summed E-state index contributed by atoms with van der Waals surface area (Å²) in [6, 6.07) is 15.2. The number of nitrogens with zero attached hydrogens (tertiary/aromatic N) is 1. The van der Waals surface area contributed by atoms with Crippen LogP contribution in [0.15, 0.2) is 47.5 Å². The van der Waals surface area contributed by atoms with Crippen LogP contribution >= 0.6 is 24.0 Å². The highest BCUT2D eigenvalue weighted by Crippen LogP contribution is 2.48. The van der Waals surface area contributed by atoms with Gasteiger partial charge in [-0.2, -0.15) is 0 Å². The van der Waals surface area contributed by atoms with Gasteiger partial charge in [-0.1, -0.05) is 42.5 Å². The Kier molecular flexibility index (Phi) is 8.35. The molecule has 5 heteroatoms. The Morgan fingerprint density at radius 3 is 2.63 bits per heavy atom. The van der Waals surface area contributed by atoms with Gasteiger partial charge in [-0.25, -0.2) is 0 Å². The van der Waals surface area contributed by atoms with Crippen molar-refractivity contribution in [2.45, 2.75) is 39.2 Å². The Labute approximate surface area is 180 Å². The molecule has 1 atom stereocenters. The van der Waals surface area contributed by atoms with Crippen molar-refractivity contribution in [2.24, 2.45) is 10.4 Å². The molecular formula is C22H32IN3O. The van der Waals surface area contributed by atoms with Crippen molar-refractivity contribution in [2.75, 3.05) is 26.8 Å². The fourth-order valence-electron chi connectivity index (χ4n) is 3.50. The molecule has 1 saturated carbocycles. The number of hydrogen-bond donors (Lipinski definition) is 2. The van der Waals surface area contributed by atoms with Gasteiger partial charge < -0.3 is 15.4 Å². The largest absolute Gasteiger partial charge is 0.382 e. The first kappa shape index (κ1) is 22.0. The number of guanidine groups is 1. The minimum Gasteiger partial charge on any atom is -0.382 e. The number of benzene rings is 2. The van der Waals surface area contributed by atoms with Crippen molar-refractivity contribution >= 4 is 40.7 Å². The topological polar surface area (TPSA) is 45.6 Å². The van der Waals surface area contributed by atoms with Crippen LogP contribution in [0.3, 0.4) is 0 Å². The summed E-state index contributed by atoms with van der Waals surface area (Å²) in [7, 11) is 1.84. The molecule has 0 saturated heterocycles. The standard InChI is InChI=1S/C22H31N3O.HI/c1-4-26-15-14-22(12-13-22)16-24-21(23-3)25-17(2)19-11-7-9-18-8-5-6-10-20(18)19;/h5-11,17H,4,12-16H2,1-3H3,(H2,23,24,25);1H. The lowest BCUT2D eigenvalue weighted by molar-refractivity contribution is 0.128. The molecule has 0 bridgehead atoms. The van der Waals surface area contributed by atoms with E-state index in [4.69, 9.17) is 4.74 Å². The number of rotatable bonds is 8. The normalized spacial score (nSPS) is 16.5. The monoisotopic (exact) mass is 481 g/mol. The molecule has 0 amide bonds. The van der Waals surface area contributed by atoms with Gasteiger partial charge in [0.1, 0.15) is 0 Å². The van der Waals surface area contributed by atoms with E-state index in [1.165, 1.54) is 29.2 Å². The molecular weight excluding hydrogens is 449 g/mol. The van der Waals surface area contributed by atoms with E-state index in [2.05, 4.69) is 71.9 Å². The summed E-state index contributed by atoms with van der Waals surface area (Å²) >= 11 is 0. The molecule has 0 heterocycles. The molecule has 2 aromatic rings. The SMILES string of the molecule is CCOCCC1(CNC(=NC)NC(C)c2cccc3ccccc23)CC1.I. The first-order chi connectivity index (χ1) is 12.7. The highest BCUT2D eigenvalue weighted by atomic mass is 127. The lowest BCUT2D eigenvalue weighted by atomic mass is 10.00. The van der Waals surface area contributed by atoms with E-state index in [1.54, 1.807) is 0 Å². The van der Waals surface area contributed by atoms with Crippen LogP contribution in [0.4, 0.5) is 0 Å². The number of fused-ring (bicyclic) bond motifs is 1. The molecule has 0 radical (unpaired) electrons. The fourth-order valence-corrected chi connectivity index (χ4v) is 3.50. The van der Waals surface area contributed by atoms with Crippen LogP contribution in [0, 0.1) is 5.41 Å². The number of nitrogens with one attached hydrogen (secondary N) is 2. The maximum absolute atomic E-state index is 5.53. The fraction of sp³-hybridized carbons (Fsp3) is 0.500. The van der Waals surface area contributed by atoms with Gasteiger partial charge in [0.25, 0.3) is 0 Å². The van der Waals surface area contributed by atoms with Crippen LogP contribution in [0.25, 0.3) is 10.8 Å². The lowest BCUT2D eigenvalue weighted by Crippen LogP contribution is -2.41. The van der Waals surface area contributed by atoms with Crippen molar-refractivity contribution in [1.82, 2.24) is 10.6 Å². The van der Waals surface area contributed by atoms with Crippen molar-refractivity contribution < 1.29 is 4.74 Å². The first-order valence-electron chi connectivity index (χ1n) is 9.70. The molecule has 3 rings (SSSR count). The van der Waals surface area contributed by atoms with Gasteiger partial charge in [0.05, 0.1) is 6.04 Å². The average molecular weight is 481 g/mol. The number of ether oxygens (including phenoxy) is 1. The zero-order valence-electron chi connectivity index (χ0n) is 16.6. The van der Waals surface area contributed by atoms with Crippen molar-refractivity contribution in [1.29, 1.82) is 0 Å². The predicted octanol–water partition coefficient (Wildman–Crippen LogP) is 4.89. The van der Waals surface area contributed by atoms with E-state index < -0.39 is 0 Å². The summed E-state index contributed by atoms with van der Waals surface area (Å²) in [5.74, 6) is 0.869. The maximum atomic E-state index is 5.53. The first-order valence-corrected chi connectivity index (χ1v) is 9.70. The summed E-state index contributed by atoms with van der Waals surface area (Å²) in [5.41, 5.74) is 1.69. The van der Waals surface area contributed by atoms with Gasteiger partial charge in [-0.05, 0) is 54.9 Å². The molecule has 1 unspecified atom stereocenters. The predicted molar refractivity (Wildman–Crippen MR) is 125 cm³/mol. The molecule has 1 aliphatic carbocycles. The summed E-state index contributed by atoms with van der Waals surface area (Å²) in [6.07, 6.45) is 3.69. The Hall–Kier alpha value is -1.34. The summed E-state index contributed by atoms with van der Waals surface area (Å²) in [5, 5.41) is 9.65. The minimum atomic E-state index is 0. The van der Waals surface area contributed by atoms with E-state index in [0.29, 0.717) is 5.41 Å². The van der Waals surface area contributed by atoms with Gasteiger partial charge in [0.2, 0.25) is 0 Å². The number of hydrogen-bond acceptors (Lipinski definition) is 2. The second kappa shape index (κ2) is 10.3. The van der Waals surface area contributed by atoms with Crippen LogP contribution in [-0.2, 0) is 4.74 Å². The van der Waals surface area contributed by atoms with Gasteiger partial charge in [-0.3, -0.25) is 4.99 Å². The summed E-state index contributed by atoms with van der Waals surface area (Å²) in [6.45, 7) is 6.86. The third-order valence-electron chi connectivity index (χ3n) is 5.44. The number of aliphatic imine (C=N–C) groups is 1. The molecule has 1 fully saturated rings. The highest BCUT2D eigenvalue weighted by molar-refractivity contribution is 14.0. The second-order valence-corrected chi connectivity index (χ2v) is 7.31. The number of halogens is 1. The second-order valence-electron chi connectivity index (χ2n) is 7.31. The van der Waals surface area contributed by atoms with E-state index in [-0.39, 0.29) is 30.0 Å². The van der Waals surface area contributed by atoms with Gasteiger partial charge >= 0.3 is 0 Å². The Morgan fingerprint density at radius 1 is 1.19 bits per heavy atom. The zero-order chi connectivity index (χ0) is 18.4. The van der Waals surface area contributed by atoms with E-state index in [9.17, 15) is 0 Å². The molecule has 2 aromatic carbocycles. The maximum Gasteiger partial charge on any atom is 0.191 e. The molecule has 0 aromatic heterocycles. The lowest BCUT2D eigenvalue weighted by Gasteiger charge is -2.22. The highest BCUT2D eigenvalue weighted by Gasteiger charge is 2.42. The third kappa shape index (κ3) is 5.82. The van der Waals surface area contributed by atoms with Crippen LogP contribution in [-0.4, -0.2) is 32.8 Å². The molecule has 0 spiro atoms. The molecule has 2 N–H and O–H groups in total. The molecule has 27 heavy (non-hydrogen) atoms. The van der Waals surface area contributed by atoms with E-state index in [0.717, 1.165) is 32.1 Å². The van der Waals surface area contributed by atoms with E-state index >= 15 is 0 Å². The average Bonchev–Trinajstić information content (AvgIpc) is 3.44. The Balaban J connectivity index is 0.00000261. The van der Waals surface area contributed by atoms with Crippen molar-refractivity contribution in [3.05, 3.63) is 48.0 Å². The Morgan fingerprint density at radius 2 is 1.93 bits per heavy atom.